The Morgan fingerprint density at radius 3 is 2.23 bits per heavy atom. The fourth-order valence-electron chi connectivity index (χ4n) is 2.14. The first-order valence-electron chi connectivity index (χ1n) is 7.49. The van der Waals surface area contributed by atoms with E-state index in [4.69, 9.17) is 9.47 Å². The molecule has 1 aliphatic rings. The number of hydrogen-bond acceptors (Lipinski definition) is 5. The molecule has 1 aliphatic carbocycles. The lowest BCUT2D eigenvalue weighted by molar-refractivity contribution is -0.386. The molecule has 0 aromatic heterocycles. The van der Waals surface area contributed by atoms with E-state index in [2.05, 4.69) is 0 Å². The second-order valence-corrected chi connectivity index (χ2v) is 6.05. The van der Waals surface area contributed by atoms with E-state index in [1.165, 1.54) is 6.07 Å². The van der Waals surface area contributed by atoms with Crippen molar-refractivity contribution in [1.29, 1.82) is 0 Å². The number of ether oxygens (including phenoxy) is 2. The molecule has 0 amide bonds. The van der Waals surface area contributed by atoms with Crippen molar-refractivity contribution in [1.82, 2.24) is 0 Å². The lowest BCUT2D eigenvalue weighted by Gasteiger charge is -2.18. The van der Waals surface area contributed by atoms with Crippen LogP contribution in [0.25, 0.3) is 0 Å². The summed E-state index contributed by atoms with van der Waals surface area (Å²) in [4.78, 5) is 23.1. The fraction of sp³-hybridized carbons (Fsp3) is 0.562. The molecule has 0 atom stereocenters. The minimum Gasteiger partial charge on any atom is -0.487 e. The standard InChI is InChI=1S/C16H21NO5/c1-9(2)21-14-8-12(15(18)11-5-6-11)7-13(17(19)20)16(14)22-10(3)4/h7-11H,5-6H2,1-4H3. The van der Waals surface area contributed by atoms with E-state index in [-0.39, 0.29) is 41.1 Å². The summed E-state index contributed by atoms with van der Waals surface area (Å²) >= 11 is 0. The molecule has 1 saturated carbocycles. The zero-order chi connectivity index (χ0) is 16.4. The third-order valence-electron chi connectivity index (χ3n) is 3.18. The molecular formula is C16H21NO5. The third kappa shape index (κ3) is 3.75. The van der Waals surface area contributed by atoms with Crippen molar-refractivity contribution >= 4 is 11.5 Å². The number of nitro benzene ring substituents is 1. The Balaban J connectivity index is 2.52. The van der Waals surface area contributed by atoms with Crippen LogP contribution in [0.2, 0.25) is 0 Å². The summed E-state index contributed by atoms with van der Waals surface area (Å²) in [6.07, 6.45) is 1.27. The second-order valence-electron chi connectivity index (χ2n) is 6.05. The Morgan fingerprint density at radius 1 is 1.18 bits per heavy atom. The van der Waals surface area contributed by atoms with Gasteiger partial charge in [0, 0.05) is 17.5 Å². The van der Waals surface area contributed by atoms with Crippen LogP contribution >= 0.6 is 0 Å². The average molecular weight is 307 g/mol. The van der Waals surface area contributed by atoms with Gasteiger partial charge in [0.05, 0.1) is 17.1 Å². The van der Waals surface area contributed by atoms with Crippen molar-refractivity contribution in [3.05, 3.63) is 27.8 Å². The van der Waals surface area contributed by atoms with E-state index in [9.17, 15) is 14.9 Å². The van der Waals surface area contributed by atoms with Gasteiger partial charge in [-0.05, 0) is 46.6 Å². The van der Waals surface area contributed by atoms with Gasteiger partial charge in [-0.1, -0.05) is 0 Å². The average Bonchev–Trinajstić information content (AvgIpc) is 3.22. The molecule has 1 aromatic rings. The van der Waals surface area contributed by atoms with Crippen LogP contribution in [0.5, 0.6) is 11.5 Å². The van der Waals surface area contributed by atoms with Gasteiger partial charge < -0.3 is 9.47 Å². The number of carbonyl (C=O) groups excluding carboxylic acids is 1. The first-order valence-corrected chi connectivity index (χ1v) is 7.49. The Hall–Kier alpha value is -2.11. The summed E-state index contributed by atoms with van der Waals surface area (Å²) < 4.78 is 11.2. The topological polar surface area (TPSA) is 78.7 Å². The monoisotopic (exact) mass is 307 g/mol. The van der Waals surface area contributed by atoms with E-state index >= 15 is 0 Å². The first kappa shape index (κ1) is 16.3. The molecule has 2 rings (SSSR count). The SMILES string of the molecule is CC(C)Oc1cc(C(=O)C2CC2)cc([N+](=O)[O-])c1OC(C)C. The van der Waals surface area contributed by atoms with Gasteiger partial charge in [-0.25, -0.2) is 0 Å². The van der Waals surface area contributed by atoms with Gasteiger partial charge in [0.1, 0.15) is 0 Å². The van der Waals surface area contributed by atoms with Crippen molar-refractivity contribution in [2.45, 2.75) is 52.7 Å². The molecule has 22 heavy (non-hydrogen) atoms. The second kappa shape index (κ2) is 6.34. The fourth-order valence-corrected chi connectivity index (χ4v) is 2.14. The van der Waals surface area contributed by atoms with Crippen LogP contribution in [0.4, 0.5) is 5.69 Å². The predicted octanol–water partition coefficient (Wildman–Crippen LogP) is 3.76. The van der Waals surface area contributed by atoms with Crippen LogP contribution in [0.15, 0.2) is 12.1 Å². The summed E-state index contributed by atoms with van der Waals surface area (Å²) in [5.41, 5.74) is 0.0943. The minimum atomic E-state index is -0.533. The molecule has 1 aromatic carbocycles. The van der Waals surface area contributed by atoms with Gasteiger partial charge >= 0.3 is 5.69 Å². The maximum absolute atomic E-state index is 12.2. The molecule has 0 radical (unpaired) electrons. The number of rotatable bonds is 7. The summed E-state index contributed by atoms with van der Waals surface area (Å²) in [5.74, 6) is 0.263. The lowest BCUT2D eigenvalue weighted by Crippen LogP contribution is -2.13. The smallest absolute Gasteiger partial charge is 0.315 e. The van der Waals surface area contributed by atoms with Crippen LogP contribution < -0.4 is 9.47 Å². The zero-order valence-electron chi connectivity index (χ0n) is 13.3. The van der Waals surface area contributed by atoms with Crippen molar-refractivity contribution in [3.8, 4) is 11.5 Å². The molecule has 0 spiro atoms. The number of Topliss-reactive ketones (excluding diaryl/α,β-unsaturated/α-hetero) is 1. The molecule has 120 valence electrons. The summed E-state index contributed by atoms with van der Waals surface area (Å²) in [6, 6.07) is 2.86. The van der Waals surface area contributed by atoms with Crippen molar-refractivity contribution < 1.29 is 19.2 Å². The first-order chi connectivity index (χ1) is 10.3. The number of hydrogen-bond donors (Lipinski definition) is 0. The predicted molar refractivity (Wildman–Crippen MR) is 81.7 cm³/mol. The van der Waals surface area contributed by atoms with Crippen molar-refractivity contribution in [2.75, 3.05) is 0 Å². The molecular weight excluding hydrogens is 286 g/mol. The van der Waals surface area contributed by atoms with Gasteiger partial charge in [0.2, 0.25) is 5.75 Å². The van der Waals surface area contributed by atoms with Crippen LogP contribution in [-0.4, -0.2) is 22.9 Å². The van der Waals surface area contributed by atoms with E-state index in [0.29, 0.717) is 5.56 Å². The third-order valence-corrected chi connectivity index (χ3v) is 3.18. The lowest BCUT2D eigenvalue weighted by atomic mass is 10.1. The highest BCUT2D eigenvalue weighted by molar-refractivity contribution is 6.00. The Morgan fingerprint density at radius 2 is 1.77 bits per heavy atom. The molecule has 0 N–H and O–H groups in total. The van der Waals surface area contributed by atoms with Crippen LogP contribution in [-0.2, 0) is 0 Å². The molecule has 0 unspecified atom stereocenters. The van der Waals surface area contributed by atoms with Gasteiger partial charge in [-0.2, -0.15) is 0 Å². The highest BCUT2D eigenvalue weighted by Gasteiger charge is 2.33. The zero-order valence-corrected chi connectivity index (χ0v) is 13.3. The van der Waals surface area contributed by atoms with E-state index in [1.54, 1.807) is 19.9 Å². The number of nitrogens with zero attached hydrogens (tertiary/aromatic N) is 1. The van der Waals surface area contributed by atoms with E-state index in [0.717, 1.165) is 12.8 Å². The van der Waals surface area contributed by atoms with E-state index < -0.39 is 4.92 Å². The summed E-state index contributed by atoms with van der Waals surface area (Å²) in [6.45, 7) is 7.21. The molecule has 0 saturated heterocycles. The summed E-state index contributed by atoms with van der Waals surface area (Å²) in [7, 11) is 0. The van der Waals surface area contributed by atoms with Gasteiger partial charge in [-0.15, -0.1) is 0 Å². The molecule has 0 bridgehead atoms. The van der Waals surface area contributed by atoms with Crippen LogP contribution in [0.3, 0.4) is 0 Å². The van der Waals surface area contributed by atoms with Crippen molar-refractivity contribution in [2.24, 2.45) is 5.92 Å². The highest BCUT2D eigenvalue weighted by Crippen LogP contribution is 2.42. The maximum Gasteiger partial charge on any atom is 0.315 e. The maximum atomic E-state index is 12.2. The van der Waals surface area contributed by atoms with Gasteiger partial charge in [0.25, 0.3) is 0 Å². The minimum absolute atomic E-state index is 0.0108. The molecule has 1 fully saturated rings. The summed E-state index contributed by atoms with van der Waals surface area (Å²) in [5, 5.41) is 11.4. The van der Waals surface area contributed by atoms with Crippen molar-refractivity contribution in [3.63, 3.8) is 0 Å². The molecule has 0 heterocycles. The van der Waals surface area contributed by atoms with Gasteiger partial charge in [0.15, 0.2) is 11.5 Å². The van der Waals surface area contributed by atoms with Gasteiger partial charge in [-0.3, -0.25) is 14.9 Å². The normalized spacial score (nSPS) is 14.3. The van der Waals surface area contributed by atoms with Crippen LogP contribution in [0.1, 0.15) is 50.9 Å². The number of nitro groups is 1. The highest BCUT2D eigenvalue weighted by atomic mass is 16.6. The van der Waals surface area contributed by atoms with Crippen LogP contribution in [0, 0.1) is 16.0 Å². The number of benzene rings is 1. The molecule has 6 heteroatoms. The Kier molecular flexibility index (Phi) is 4.68. The number of carbonyl (C=O) groups is 1. The molecule has 6 nitrogen and oxygen atoms in total. The Bertz CT molecular complexity index is 590. The molecule has 0 aliphatic heterocycles. The van der Waals surface area contributed by atoms with E-state index in [1.807, 2.05) is 13.8 Å². The Labute approximate surface area is 129 Å². The quantitative estimate of drug-likeness (QED) is 0.435. The number of ketones is 1. The largest absolute Gasteiger partial charge is 0.487 e.